The van der Waals surface area contributed by atoms with Gasteiger partial charge in [0.1, 0.15) is 0 Å². The number of nitriles is 1. The maximum absolute atomic E-state index is 8.51. The van der Waals surface area contributed by atoms with E-state index in [-0.39, 0.29) is 0 Å². The van der Waals surface area contributed by atoms with Gasteiger partial charge in [-0.3, -0.25) is 0 Å². The summed E-state index contributed by atoms with van der Waals surface area (Å²) in [7, 11) is 2.13. The smallest absolute Gasteiger partial charge is 0.0638 e. The minimum atomic E-state index is 0.426. The van der Waals surface area contributed by atoms with Crippen LogP contribution in [0.25, 0.3) is 0 Å². The molecule has 0 saturated heterocycles. The molecule has 2 nitrogen and oxygen atoms in total. The Morgan fingerprint density at radius 1 is 1.58 bits per heavy atom. The Labute approximate surface area is 75.2 Å². The van der Waals surface area contributed by atoms with Gasteiger partial charge >= 0.3 is 0 Å². The molecule has 1 saturated carbocycles. The van der Waals surface area contributed by atoms with Crippen molar-refractivity contribution in [2.75, 3.05) is 13.6 Å². The van der Waals surface area contributed by atoms with Crippen molar-refractivity contribution in [1.29, 1.82) is 5.26 Å². The number of hydrogen-bond donors (Lipinski definition) is 0. The highest BCUT2D eigenvalue weighted by Gasteiger charge is 2.20. The molecule has 0 bridgehead atoms. The van der Waals surface area contributed by atoms with Crippen LogP contribution in [0, 0.1) is 17.2 Å². The molecule has 0 radical (unpaired) electrons. The lowest BCUT2D eigenvalue weighted by molar-refractivity contribution is 0.171. The average molecular weight is 166 g/mol. The van der Waals surface area contributed by atoms with E-state index in [1.54, 1.807) is 0 Å². The van der Waals surface area contributed by atoms with E-state index in [9.17, 15) is 0 Å². The standard InChI is InChI=1S/C10H18N2/c1-9(6-7-11)12(2)8-10-4-3-5-10/h9-10H,3-6,8H2,1-2H3. The quantitative estimate of drug-likeness (QED) is 0.639. The number of hydrogen-bond acceptors (Lipinski definition) is 2. The fourth-order valence-electron chi connectivity index (χ4n) is 1.55. The summed E-state index contributed by atoms with van der Waals surface area (Å²) >= 11 is 0. The van der Waals surface area contributed by atoms with E-state index < -0.39 is 0 Å². The van der Waals surface area contributed by atoms with Crippen LogP contribution in [0.1, 0.15) is 32.6 Å². The molecule has 0 heterocycles. The van der Waals surface area contributed by atoms with Gasteiger partial charge in [-0.25, -0.2) is 0 Å². The molecular formula is C10H18N2. The average Bonchev–Trinajstić information content (AvgIpc) is 1.97. The normalized spacial score (nSPS) is 20.2. The van der Waals surface area contributed by atoms with E-state index >= 15 is 0 Å². The Hall–Kier alpha value is -0.550. The van der Waals surface area contributed by atoms with E-state index in [0.717, 1.165) is 5.92 Å². The maximum atomic E-state index is 8.51. The third-order valence-electron chi connectivity index (χ3n) is 2.91. The first kappa shape index (κ1) is 9.54. The highest BCUT2D eigenvalue weighted by molar-refractivity contribution is 4.81. The highest BCUT2D eigenvalue weighted by atomic mass is 15.1. The molecule has 2 heteroatoms. The molecule has 0 aromatic rings. The second-order valence-corrected chi connectivity index (χ2v) is 3.95. The number of rotatable bonds is 4. The summed E-state index contributed by atoms with van der Waals surface area (Å²) in [5.74, 6) is 0.913. The second kappa shape index (κ2) is 4.47. The van der Waals surface area contributed by atoms with Crippen LogP contribution in [-0.4, -0.2) is 24.5 Å². The van der Waals surface area contributed by atoms with Crippen LogP contribution in [0.3, 0.4) is 0 Å². The van der Waals surface area contributed by atoms with E-state index in [4.69, 9.17) is 5.26 Å². The zero-order chi connectivity index (χ0) is 8.97. The van der Waals surface area contributed by atoms with Crippen LogP contribution in [-0.2, 0) is 0 Å². The molecule has 0 N–H and O–H groups in total. The minimum Gasteiger partial charge on any atom is -0.302 e. The maximum Gasteiger partial charge on any atom is 0.0638 e. The van der Waals surface area contributed by atoms with Crippen molar-refractivity contribution < 1.29 is 0 Å². The zero-order valence-corrected chi connectivity index (χ0v) is 8.08. The molecule has 1 aliphatic carbocycles. The fraction of sp³-hybridized carbons (Fsp3) is 0.900. The number of nitrogens with zero attached hydrogens (tertiary/aromatic N) is 2. The highest BCUT2D eigenvalue weighted by Crippen LogP contribution is 2.27. The Morgan fingerprint density at radius 3 is 2.67 bits per heavy atom. The second-order valence-electron chi connectivity index (χ2n) is 3.95. The Bertz CT molecular complexity index is 167. The van der Waals surface area contributed by atoms with Gasteiger partial charge in [0, 0.05) is 12.6 Å². The monoisotopic (exact) mass is 166 g/mol. The third kappa shape index (κ3) is 2.49. The first-order valence-electron chi connectivity index (χ1n) is 4.81. The van der Waals surface area contributed by atoms with Crippen molar-refractivity contribution >= 4 is 0 Å². The zero-order valence-electron chi connectivity index (χ0n) is 8.08. The van der Waals surface area contributed by atoms with Gasteiger partial charge in [-0.1, -0.05) is 6.42 Å². The molecule has 1 aliphatic rings. The Balaban J connectivity index is 2.17. The first-order chi connectivity index (χ1) is 5.74. The summed E-state index contributed by atoms with van der Waals surface area (Å²) in [5, 5.41) is 8.51. The van der Waals surface area contributed by atoms with Crippen molar-refractivity contribution in [3.63, 3.8) is 0 Å². The molecule has 12 heavy (non-hydrogen) atoms. The summed E-state index contributed by atoms with van der Waals surface area (Å²) in [6, 6.07) is 2.64. The third-order valence-corrected chi connectivity index (χ3v) is 2.91. The van der Waals surface area contributed by atoms with Gasteiger partial charge in [0.15, 0.2) is 0 Å². The summed E-state index contributed by atoms with van der Waals surface area (Å²) in [4.78, 5) is 2.31. The van der Waals surface area contributed by atoms with Gasteiger partial charge in [0.25, 0.3) is 0 Å². The van der Waals surface area contributed by atoms with E-state index in [1.807, 2.05) is 0 Å². The fourth-order valence-corrected chi connectivity index (χ4v) is 1.55. The van der Waals surface area contributed by atoms with E-state index in [1.165, 1.54) is 25.8 Å². The predicted molar refractivity (Wildman–Crippen MR) is 49.7 cm³/mol. The van der Waals surface area contributed by atoms with Gasteiger partial charge in [-0.05, 0) is 32.7 Å². The molecule has 0 spiro atoms. The summed E-state index contributed by atoms with van der Waals surface area (Å²) in [6.45, 7) is 3.31. The molecule has 68 valence electrons. The Kier molecular flexibility index (Phi) is 3.55. The molecule has 1 unspecified atom stereocenters. The van der Waals surface area contributed by atoms with Crippen molar-refractivity contribution in [3.8, 4) is 6.07 Å². The lowest BCUT2D eigenvalue weighted by atomic mass is 9.85. The Morgan fingerprint density at radius 2 is 2.25 bits per heavy atom. The van der Waals surface area contributed by atoms with Crippen LogP contribution in [0.15, 0.2) is 0 Å². The van der Waals surface area contributed by atoms with Gasteiger partial charge in [-0.15, -0.1) is 0 Å². The van der Waals surface area contributed by atoms with Crippen LogP contribution < -0.4 is 0 Å². The molecule has 1 atom stereocenters. The lowest BCUT2D eigenvalue weighted by Gasteiger charge is -2.32. The van der Waals surface area contributed by atoms with Crippen LogP contribution in [0.2, 0.25) is 0 Å². The summed E-state index contributed by atoms with van der Waals surface area (Å²) in [5.41, 5.74) is 0. The SMILES string of the molecule is CC(CC#N)N(C)CC1CCC1. The van der Waals surface area contributed by atoms with Crippen molar-refractivity contribution in [1.82, 2.24) is 4.90 Å². The van der Waals surface area contributed by atoms with Crippen LogP contribution >= 0.6 is 0 Å². The van der Waals surface area contributed by atoms with Gasteiger partial charge in [0.2, 0.25) is 0 Å². The minimum absolute atomic E-state index is 0.426. The topological polar surface area (TPSA) is 27.0 Å². The molecule has 0 aliphatic heterocycles. The van der Waals surface area contributed by atoms with Crippen LogP contribution in [0.4, 0.5) is 0 Å². The first-order valence-corrected chi connectivity index (χ1v) is 4.81. The molecule has 1 fully saturated rings. The molecule has 0 amide bonds. The molecule has 1 rings (SSSR count). The largest absolute Gasteiger partial charge is 0.302 e. The van der Waals surface area contributed by atoms with Crippen molar-refractivity contribution in [2.24, 2.45) is 5.92 Å². The predicted octanol–water partition coefficient (Wildman–Crippen LogP) is 2.02. The molecular weight excluding hydrogens is 148 g/mol. The van der Waals surface area contributed by atoms with Gasteiger partial charge < -0.3 is 4.90 Å². The van der Waals surface area contributed by atoms with E-state index in [2.05, 4.69) is 24.9 Å². The summed E-state index contributed by atoms with van der Waals surface area (Å²) < 4.78 is 0. The summed E-state index contributed by atoms with van der Waals surface area (Å²) in [6.07, 6.45) is 4.85. The van der Waals surface area contributed by atoms with Crippen molar-refractivity contribution in [2.45, 2.75) is 38.6 Å². The molecule has 0 aromatic heterocycles. The van der Waals surface area contributed by atoms with Crippen molar-refractivity contribution in [3.05, 3.63) is 0 Å². The van der Waals surface area contributed by atoms with Gasteiger partial charge in [-0.2, -0.15) is 5.26 Å². The van der Waals surface area contributed by atoms with Crippen LogP contribution in [0.5, 0.6) is 0 Å². The lowest BCUT2D eigenvalue weighted by Crippen LogP contribution is -2.35. The molecule has 0 aromatic carbocycles. The van der Waals surface area contributed by atoms with Gasteiger partial charge in [0.05, 0.1) is 12.5 Å². The van der Waals surface area contributed by atoms with E-state index in [0.29, 0.717) is 12.5 Å².